The van der Waals surface area contributed by atoms with Crippen LogP contribution in [0, 0.1) is 0 Å². The molecule has 0 aliphatic rings. The van der Waals surface area contributed by atoms with E-state index in [1.165, 1.54) is 0 Å². The summed E-state index contributed by atoms with van der Waals surface area (Å²) in [5.41, 5.74) is 2.53. The first-order valence-electron chi connectivity index (χ1n) is 6.56. The Balaban J connectivity index is 2.34. The number of benzene rings is 1. The molecule has 0 bridgehead atoms. The van der Waals surface area contributed by atoms with E-state index in [2.05, 4.69) is 5.10 Å². The van der Waals surface area contributed by atoms with Crippen LogP contribution in [0.1, 0.15) is 24.3 Å². The number of hydrogen-bond donors (Lipinski definition) is 0. The van der Waals surface area contributed by atoms with E-state index in [0.717, 1.165) is 11.3 Å². The summed E-state index contributed by atoms with van der Waals surface area (Å²) in [6.45, 7) is 5.35. The van der Waals surface area contributed by atoms with Gasteiger partial charge in [-0.1, -0.05) is 30.3 Å². The van der Waals surface area contributed by atoms with E-state index in [1.807, 2.05) is 57.3 Å². The Morgan fingerprint density at radius 3 is 2.42 bits per heavy atom. The van der Waals surface area contributed by atoms with Crippen molar-refractivity contribution in [2.75, 3.05) is 13.1 Å². The third-order valence-electron chi connectivity index (χ3n) is 3.22. The van der Waals surface area contributed by atoms with E-state index < -0.39 is 0 Å². The topological polar surface area (TPSA) is 38.1 Å². The van der Waals surface area contributed by atoms with Gasteiger partial charge in [-0.15, -0.1) is 0 Å². The summed E-state index contributed by atoms with van der Waals surface area (Å²) in [5.74, 6) is -0.0113. The molecule has 0 radical (unpaired) electrons. The zero-order chi connectivity index (χ0) is 13.8. The number of carbonyl (C=O) groups excluding carboxylic acids is 1. The number of rotatable bonds is 4. The average molecular weight is 257 g/mol. The maximum Gasteiger partial charge on any atom is 0.274 e. The zero-order valence-electron chi connectivity index (χ0n) is 11.6. The number of amides is 1. The first-order valence-corrected chi connectivity index (χ1v) is 6.56. The third-order valence-corrected chi connectivity index (χ3v) is 3.22. The predicted molar refractivity (Wildman–Crippen MR) is 75.9 cm³/mol. The molecule has 19 heavy (non-hydrogen) atoms. The summed E-state index contributed by atoms with van der Waals surface area (Å²) in [6.07, 6.45) is 0. The van der Waals surface area contributed by atoms with Crippen LogP contribution in [-0.2, 0) is 7.05 Å². The minimum atomic E-state index is -0.0113. The first-order chi connectivity index (χ1) is 9.17. The van der Waals surface area contributed by atoms with Crippen LogP contribution < -0.4 is 0 Å². The van der Waals surface area contributed by atoms with Crippen LogP contribution >= 0.6 is 0 Å². The molecule has 0 saturated carbocycles. The van der Waals surface area contributed by atoms with Crippen LogP contribution in [0.3, 0.4) is 0 Å². The Morgan fingerprint density at radius 1 is 1.21 bits per heavy atom. The second kappa shape index (κ2) is 5.69. The standard InChI is InChI=1S/C15H19N3O/c1-4-18(5-2)15(19)13-11-14(17(3)16-13)12-9-7-6-8-10-12/h6-11H,4-5H2,1-3H3. The van der Waals surface area contributed by atoms with E-state index in [1.54, 1.807) is 9.58 Å². The summed E-state index contributed by atoms with van der Waals surface area (Å²) in [6, 6.07) is 11.8. The molecule has 0 atom stereocenters. The van der Waals surface area contributed by atoms with Crippen molar-refractivity contribution in [2.24, 2.45) is 7.05 Å². The van der Waals surface area contributed by atoms with Crippen molar-refractivity contribution in [2.45, 2.75) is 13.8 Å². The van der Waals surface area contributed by atoms with Crippen molar-refractivity contribution in [3.63, 3.8) is 0 Å². The van der Waals surface area contributed by atoms with E-state index in [0.29, 0.717) is 18.8 Å². The summed E-state index contributed by atoms with van der Waals surface area (Å²) >= 11 is 0. The number of hydrogen-bond acceptors (Lipinski definition) is 2. The molecule has 0 aliphatic carbocycles. The van der Waals surface area contributed by atoms with Gasteiger partial charge in [0, 0.05) is 20.1 Å². The summed E-state index contributed by atoms with van der Waals surface area (Å²) in [4.78, 5) is 14.0. The Kier molecular flexibility index (Phi) is 4.00. The zero-order valence-corrected chi connectivity index (χ0v) is 11.6. The van der Waals surface area contributed by atoms with Crippen LogP contribution in [0.4, 0.5) is 0 Å². The maximum atomic E-state index is 12.3. The van der Waals surface area contributed by atoms with Gasteiger partial charge in [-0.2, -0.15) is 5.10 Å². The van der Waals surface area contributed by atoms with Crippen molar-refractivity contribution in [3.8, 4) is 11.3 Å². The molecule has 0 N–H and O–H groups in total. The SMILES string of the molecule is CCN(CC)C(=O)c1cc(-c2ccccc2)n(C)n1. The van der Waals surface area contributed by atoms with Crippen molar-refractivity contribution in [3.05, 3.63) is 42.1 Å². The van der Waals surface area contributed by atoms with Gasteiger partial charge in [0.25, 0.3) is 5.91 Å². The Hall–Kier alpha value is -2.10. The van der Waals surface area contributed by atoms with Gasteiger partial charge in [0.1, 0.15) is 0 Å². The predicted octanol–water partition coefficient (Wildman–Crippen LogP) is 2.57. The lowest BCUT2D eigenvalue weighted by Gasteiger charge is -2.16. The summed E-state index contributed by atoms with van der Waals surface area (Å²) in [7, 11) is 1.86. The second-order valence-electron chi connectivity index (χ2n) is 4.38. The molecule has 4 heteroatoms. The molecule has 2 aromatic rings. The first kappa shape index (κ1) is 13.3. The highest BCUT2D eigenvalue weighted by Gasteiger charge is 2.17. The number of aryl methyl sites for hydroxylation is 1. The normalized spacial score (nSPS) is 10.5. The molecule has 1 heterocycles. The molecule has 0 fully saturated rings. The van der Waals surface area contributed by atoms with Crippen molar-refractivity contribution < 1.29 is 4.79 Å². The highest BCUT2D eigenvalue weighted by molar-refractivity contribution is 5.93. The summed E-state index contributed by atoms with van der Waals surface area (Å²) < 4.78 is 1.76. The van der Waals surface area contributed by atoms with Gasteiger partial charge >= 0.3 is 0 Å². The fourth-order valence-corrected chi connectivity index (χ4v) is 2.12. The van der Waals surface area contributed by atoms with E-state index in [9.17, 15) is 4.79 Å². The van der Waals surface area contributed by atoms with Crippen LogP contribution in [0.2, 0.25) is 0 Å². The van der Waals surface area contributed by atoms with E-state index >= 15 is 0 Å². The fraction of sp³-hybridized carbons (Fsp3) is 0.333. The lowest BCUT2D eigenvalue weighted by atomic mass is 10.1. The Bertz CT molecular complexity index is 556. The van der Waals surface area contributed by atoms with E-state index in [4.69, 9.17) is 0 Å². The minimum absolute atomic E-state index is 0.0113. The molecule has 1 aromatic carbocycles. The highest BCUT2D eigenvalue weighted by Crippen LogP contribution is 2.19. The van der Waals surface area contributed by atoms with Crippen LogP contribution in [-0.4, -0.2) is 33.7 Å². The van der Waals surface area contributed by atoms with Gasteiger partial charge in [0.15, 0.2) is 5.69 Å². The second-order valence-corrected chi connectivity index (χ2v) is 4.38. The Labute approximate surface area is 113 Å². The molecule has 0 saturated heterocycles. The quantitative estimate of drug-likeness (QED) is 0.844. The van der Waals surface area contributed by atoms with Gasteiger partial charge in [-0.3, -0.25) is 9.48 Å². The molecular weight excluding hydrogens is 238 g/mol. The third kappa shape index (κ3) is 2.67. The van der Waals surface area contributed by atoms with Gasteiger partial charge in [-0.05, 0) is 25.5 Å². The molecule has 1 amide bonds. The Morgan fingerprint density at radius 2 is 1.84 bits per heavy atom. The van der Waals surface area contributed by atoms with Gasteiger partial charge in [0.2, 0.25) is 0 Å². The lowest BCUT2D eigenvalue weighted by molar-refractivity contribution is 0.0766. The fourth-order valence-electron chi connectivity index (χ4n) is 2.12. The number of nitrogens with zero attached hydrogens (tertiary/aromatic N) is 3. The number of aromatic nitrogens is 2. The molecule has 1 aromatic heterocycles. The molecule has 0 unspecified atom stereocenters. The van der Waals surface area contributed by atoms with Crippen molar-refractivity contribution in [1.29, 1.82) is 0 Å². The largest absolute Gasteiger partial charge is 0.338 e. The maximum absolute atomic E-state index is 12.3. The van der Waals surface area contributed by atoms with Crippen LogP contribution in [0.25, 0.3) is 11.3 Å². The average Bonchev–Trinajstić information content (AvgIpc) is 2.83. The van der Waals surface area contributed by atoms with Gasteiger partial charge < -0.3 is 4.90 Å². The van der Waals surface area contributed by atoms with Crippen LogP contribution in [0.15, 0.2) is 36.4 Å². The smallest absolute Gasteiger partial charge is 0.274 e. The van der Waals surface area contributed by atoms with Crippen LogP contribution in [0.5, 0.6) is 0 Å². The van der Waals surface area contributed by atoms with E-state index in [-0.39, 0.29) is 5.91 Å². The summed E-state index contributed by atoms with van der Waals surface area (Å²) in [5, 5.41) is 4.33. The van der Waals surface area contributed by atoms with Gasteiger partial charge in [-0.25, -0.2) is 0 Å². The molecule has 0 spiro atoms. The molecule has 100 valence electrons. The lowest BCUT2D eigenvalue weighted by Crippen LogP contribution is -2.30. The number of carbonyl (C=O) groups is 1. The highest BCUT2D eigenvalue weighted by atomic mass is 16.2. The van der Waals surface area contributed by atoms with Crippen molar-refractivity contribution >= 4 is 5.91 Å². The minimum Gasteiger partial charge on any atom is -0.338 e. The molecule has 0 aliphatic heterocycles. The van der Waals surface area contributed by atoms with Gasteiger partial charge in [0.05, 0.1) is 5.69 Å². The van der Waals surface area contributed by atoms with Crippen molar-refractivity contribution in [1.82, 2.24) is 14.7 Å². The molecule has 2 rings (SSSR count). The monoisotopic (exact) mass is 257 g/mol. The molecule has 4 nitrogen and oxygen atoms in total. The molecular formula is C15H19N3O.